The van der Waals surface area contributed by atoms with Crippen molar-refractivity contribution in [2.24, 2.45) is 5.73 Å². The molecule has 10 heteroatoms. The summed E-state index contributed by atoms with van der Waals surface area (Å²) in [5, 5.41) is 19.6. The van der Waals surface area contributed by atoms with Gasteiger partial charge in [0.2, 0.25) is 5.91 Å². The van der Waals surface area contributed by atoms with Gasteiger partial charge in [0.15, 0.2) is 0 Å². The number of rotatable bonds is 7. The molecule has 0 aliphatic rings. The summed E-state index contributed by atoms with van der Waals surface area (Å²) in [7, 11) is -4.37. The highest BCUT2D eigenvalue weighted by molar-refractivity contribution is 7.92. The fourth-order valence-electron chi connectivity index (χ4n) is 2.25. The molecule has 2 aromatic rings. The lowest BCUT2D eigenvalue weighted by molar-refractivity contribution is -0.119. The number of hydrogen-bond donors (Lipinski definition) is 3. The number of sulfonamides is 1. The molecule has 8 nitrogen and oxygen atoms in total. The van der Waals surface area contributed by atoms with Crippen molar-refractivity contribution in [3.05, 3.63) is 59.1 Å². The second kappa shape index (κ2) is 7.73. The fraction of sp³-hybridized carbons (Fsp3) is 0.125. The second-order valence-corrected chi connectivity index (χ2v) is 7.52. The molecule has 4 N–H and O–H groups in total. The van der Waals surface area contributed by atoms with E-state index in [1.165, 1.54) is 42.5 Å². The topological polar surface area (TPSA) is 138 Å². The number of carbonyl (C=O) groups is 2. The van der Waals surface area contributed by atoms with E-state index >= 15 is 0 Å². The third-order valence-electron chi connectivity index (χ3n) is 3.35. The van der Waals surface area contributed by atoms with Gasteiger partial charge in [-0.1, -0.05) is 23.7 Å². The molecule has 2 aromatic carbocycles. The van der Waals surface area contributed by atoms with Crippen molar-refractivity contribution in [1.82, 2.24) is 0 Å². The number of nitrogens with zero attached hydrogens (tertiary/aromatic N) is 1. The first-order valence-electron chi connectivity index (χ1n) is 7.22. The zero-order valence-electron chi connectivity index (χ0n) is 13.2. The summed E-state index contributed by atoms with van der Waals surface area (Å²) >= 11 is 5.83. The number of aliphatic hydroxyl groups is 1. The number of anilines is 1. The number of benzene rings is 2. The van der Waals surface area contributed by atoms with Crippen LogP contribution in [0, 0.1) is 0 Å². The highest BCUT2D eigenvalue weighted by Gasteiger charge is 2.32. The van der Waals surface area contributed by atoms with Gasteiger partial charge in [-0.25, -0.2) is 17.5 Å². The van der Waals surface area contributed by atoms with Gasteiger partial charge in [-0.05, 0) is 36.4 Å². The third kappa shape index (κ3) is 4.31. The van der Waals surface area contributed by atoms with E-state index < -0.39 is 34.5 Å². The molecule has 0 fully saturated rings. The number of carboxylic acids is 1. The normalized spacial score (nSPS) is 12.4. The van der Waals surface area contributed by atoms with Crippen LogP contribution in [-0.2, 0) is 14.8 Å². The number of carbonyl (C=O) groups excluding carboxylic acids is 1. The van der Waals surface area contributed by atoms with Crippen LogP contribution >= 0.6 is 11.6 Å². The van der Waals surface area contributed by atoms with Gasteiger partial charge in [0, 0.05) is 5.02 Å². The van der Waals surface area contributed by atoms with Crippen LogP contribution in [0.1, 0.15) is 16.8 Å². The lowest BCUT2D eigenvalue weighted by atomic mass is 10.2. The lowest BCUT2D eigenvalue weighted by Crippen LogP contribution is -2.42. The van der Waals surface area contributed by atoms with Gasteiger partial charge >= 0.3 is 5.97 Å². The lowest BCUT2D eigenvalue weighted by Gasteiger charge is -2.29. The van der Waals surface area contributed by atoms with Gasteiger partial charge in [0.1, 0.15) is 6.23 Å². The van der Waals surface area contributed by atoms with Crippen LogP contribution in [0.15, 0.2) is 53.4 Å². The number of nitrogens with two attached hydrogens (primary N) is 1. The van der Waals surface area contributed by atoms with Gasteiger partial charge in [0.05, 0.1) is 22.6 Å². The number of primary amides is 1. The van der Waals surface area contributed by atoms with Crippen LogP contribution in [0.5, 0.6) is 0 Å². The highest BCUT2D eigenvalue weighted by atomic mass is 35.5. The zero-order chi connectivity index (χ0) is 19.5. The van der Waals surface area contributed by atoms with Crippen molar-refractivity contribution in [2.75, 3.05) is 4.31 Å². The number of amides is 1. The van der Waals surface area contributed by atoms with Gasteiger partial charge < -0.3 is 15.9 Å². The summed E-state index contributed by atoms with van der Waals surface area (Å²) in [6.45, 7) is 0. The fourth-order valence-corrected chi connectivity index (χ4v) is 4.05. The number of carboxylic acid groups (broad SMARTS) is 1. The molecule has 0 saturated heterocycles. The minimum absolute atomic E-state index is 0.140. The largest absolute Gasteiger partial charge is 0.478 e. The number of aliphatic hydroxyl groups excluding tert-OH is 1. The summed E-state index contributed by atoms with van der Waals surface area (Å²) in [6.07, 6.45) is -2.52. The quantitative estimate of drug-likeness (QED) is 0.603. The van der Waals surface area contributed by atoms with Gasteiger partial charge in [0.25, 0.3) is 10.0 Å². The molecule has 0 radical (unpaired) electrons. The van der Waals surface area contributed by atoms with Crippen LogP contribution in [0.2, 0.25) is 5.02 Å². The maximum Gasteiger partial charge on any atom is 0.335 e. The van der Waals surface area contributed by atoms with Crippen molar-refractivity contribution < 1.29 is 28.2 Å². The van der Waals surface area contributed by atoms with Gasteiger partial charge in [-0.2, -0.15) is 0 Å². The third-order valence-corrected chi connectivity index (χ3v) is 5.41. The molecular weight excluding hydrogens is 384 g/mol. The highest BCUT2D eigenvalue weighted by Crippen LogP contribution is 2.28. The molecule has 0 heterocycles. The zero-order valence-corrected chi connectivity index (χ0v) is 14.8. The van der Waals surface area contributed by atoms with Crippen LogP contribution in [0.4, 0.5) is 5.69 Å². The Hall–Kier alpha value is -2.62. The van der Waals surface area contributed by atoms with Gasteiger partial charge in [-0.3, -0.25) is 4.79 Å². The molecule has 1 atom stereocenters. The predicted molar refractivity (Wildman–Crippen MR) is 94.3 cm³/mol. The first-order chi connectivity index (χ1) is 12.1. The van der Waals surface area contributed by atoms with Crippen LogP contribution in [-0.4, -0.2) is 36.7 Å². The smallest absolute Gasteiger partial charge is 0.335 e. The Bertz CT molecular complexity index is 947. The molecule has 1 amide bonds. The molecule has 0 unspecified atom stereocenters. The molecule has 0 aromatic heterocycles. The minimum Gasteiger partial charge on any atom is -0.478 e. The average molecular weight is 399 g/mol. The summed E-state index contributed by atoms with van der Waals surface area (Å²) in [6, 6.07) is 10.2. The predicted octanol–water partition coefficient (Wildman–Crippen LogP) is 1.43. The van der Waals surface area contributed by atoms with Crippen LogP contribution in [0.3, 0.4) is 0 Å². The van der Waals surface area contributed by atoms with Crippen molar-refractivity contribution in [1.29, 1.82) is 0 Å². The Labute approximate surface area is 154 Å². The molecular formula is C16H15ClN2O6S. The summed E-state index contributed by atoms with van der Waals surface area (Å²) in [5.74, 6) is -2.21. The molecule has 26 heavy (non-hydrogen) atoms. The monoisotopic (exact) mass is 398 g/mol. The molecule has 0 aliphatic heterocycles. The molecule has 138 valence electrons. The Kier molecular flexibility index (Phi) is 5.86. The Morgan fingerprint density at radius 2 is 1.81 bits per heavy atom. The Balaban J connectivity index is 2.63. The number of halogens is 1. The van der Waals surface area contributed by atoms with Crippen LogP contribution in [0.25, 0.3) is 0 Å². The number of hydrogen-bond acceptors (Lipinski definition) is 5. The first kappa shape index (κ1) is 19.7. The maximum atomic E-state index is 13.0. The second-order valence-electron chi connectivity index (χ2n) is 5.26. The van der Waals surface area contributed by atoms with E-state index in [9.17, 15) is 23.1 Å². The number of aromatic carboxylic acids is 1. The standard InChI is InChI=1S/C16H15ClN2O6S/c17-11-4-2-6-13(8-11)26(24,25)19(15(21)9-14(18)20)12-5-1-3-10(7-12)16(22)23/h1-8,15,21H,9H2,(H2,18,20)(H,22,23)/t15-/m0/s1. The average Bonchev–Trinajstić information content (AvgIpc) is 2.54. The van der Waals surface area contributed by atoms with E-state index in [2.05, 4.69) is 0 Å². The maximum absolute atomic E-state index is 13.0. The van der Waals surface area contributed by atoms with Crippen molar-refractivity contribution in [3.8, 4) is 0 Å². The summed E-state index contributed by atoms with van der Waals surface area (Å²) in [5.41, 5.74) is 4.72. The van der Waals surface area contributed by atoms with E-state index in [-0.39, 0.29) is 21.2 Å². The summed E-state index contributed by atoms with van der Waals surface area (Å²) < 4.78 is 26.5. The Morgan fingerprint density at radius 3 is 2.38 bits per heavy atom. The molecule has 2 rings (SSSR count). The van der Waals surface area contributed by atoms with Crippen molar-refractivity contribution in [3.63, 3.8) is 0 Å². The first-order valence-corrected chi connectivity index (χ1v) is 9.04. The van der Waals surface area contributed by atoms with Gasteiger partial charge in [-0.15, -0.1) is 0 Å². The van der Waals surface area contributed by atoms with Crippen molar-refractivity contribution in [2.45, 2.75) is 17.5 Å². The van der Waals surface area contributed by atoms with E-state index in [0.29, 0.717) is 4.31 Å². The minimum atomic E-state index is -4.37. The van der Waals surface area contributed by atoms with Crippen molar-refractivity contribution >= 4 is 39.2 Å². The van der Waals surface area contributed by atoms with E-state index in [4.69, 9.17) is 22.4 Å². The SMILES string of the molecule is NC(=O)C[C@H](O)N(c1cccc(C(=O)O)c1)S(=O)(=O)c1cccc(Cl)c1. The molecule has 0 bridgehead atoms. The van der Waals surface area contributed by atoms with E-state index in [0.717, 1.165) is 6.07 Å². The molecule has 0 aliphatic carbocycles. The van der Waals surface area contributed by atoms with E-state index in [1.54, 1.807) is 0 Å². The Morgan fingerprint density at radius 1 is 1.15 bits per heavy atom. The molecule has 0 spiro atoms. The van der Waals surface area contributed by atoms with Crippen LogP contribution < -0.4 is 10.0 Å². The van der Waals surface area contributed by atoms with E-state index in [1.807, 2.05) is 0 Å². The summed E-state index contributed by atoms with van der Waals surface area (Å²) in [4.78, 5) is 22.1. The molecule has 0 saturated carbocycles.